The molecule has 0 spiro atoms. The summed E-state index contributed by atoms with van der Waals surface area (Å²) in [6, 6.07) is 16.9. The number of nitrogens with one attached hydrogen (secondary N) is 1. The number of ether oxygens (including phenoxy) is 3. The molecular weight excluding hydrogens is 608 g/mol. The van der Waals surface area contributed by atoms with E-state index >= 15 is 0 Å². The highest BCUT2D eigenvalue weighted by atomic mass is 16.7. The summed E-state index contributed by atoms with van der Waals surface area (Å²) in [5, 5.41) is 25.3. The smallest absolute Gasteiger partial charge is 0.408 e. The van der Waals surface area contributed by atoms with Crippen LogP contribution in [0.25, 0.3) is 0 Å². The molecule has 2 aromatic carbocycles. The van der Waals surface area contributed by atoms with Gasteiger partial charge in [0.05, 0.1) is 13.2 Å². The molecule has 3 N–H and O–H groups in total. The summed E-state index contributed by atoms with van der Waals surface area (Å²) in [6.45, 7) is 9.76. The van der Waals surface area contributed by atoms with Gasteiger partial charge in [-0.05, 0) is 50.7 Å². The number of nitrogens with zero attached hydrogens (tertiary/aromatic N) is 1. The summed E-state index contributed by atoms with van der Waals surface area (Å²) in [5.41, 5.74) is 0.700. The monoisotopic (exact) mass is 658 g/mol. The van der Waals surface area contributed by atoms with Crippen molar-refractivity contribution in [2.75, 3.05) is 6.61 Å². The Kier molecular flexibility index (Phi) is 16.7. The van der Waals surface area contributed by atoms with Crippen molar-refractivity contribution in [3.8, 4) is 0 Å². The van der Waals surface area contributed by atoms with E-state index in [0.29, 0.717) is 17.8 Å². The van der Waals surface area contributed by atoms with Crippen LogP contribution in [-0.2, 0) is 46.6 Å². The van der Waals surface area contributed by atoms with Gasteiger partial charge >= 0.3 is 6.09 Å². The van der Waals surface area contributed by atoms with Gasteiger partial charge in [-0.1, -0.05) is 81.4 Å². The van der Waals surface area contributed by atoms with E-state index in [1.807, 2.05) is 50.2 Å². The van der Waals surface area contributed by atoms with E-state index < -0.39 is 60.6 Å². The van der Waals surface area contributed by atoms with Gasteiger partial charge in [-0.15, -0.1) is 0 Å². The van der Waals surface area contributed by atoms with E-state index in [9.17, 15) is 29.4 Å². The number of imide groups is 1. The van der Waals surface area contributed by atoms with Crippen LogP contribution in [0.2, 0.25) is 0 Å². The standard InChI is InChI=1S/C35H50N2O10/c1-7-14-30(40)37(33(42)27(19-24(2)3)36-34(43)47-35(4,5)6)46-23-28(39)31(41)32(45-22-26-17-12-9-13-18-26)29(20-38)44-21-25-15-10-8-11-16-25/h8-13,15-18,20,24,27-29,31-32,39,41H,7,14,19,21-23H2,1-6H3,(H,36,43)/t27-,28+,29-,31+,32+/m0/s1. The van der Waals surface area contributed by atoms with Gasteiger partial charge in [-0.25, -0.2) is 4.79 Å². The van der Waals surface area contributed by atoms with E-state index in [4.69, 9.17) is 19.0 Å². The Morgan fingerprint density at radius 1 is 0.915 bits per heavy atom. The number of amides is 3. The van der Waals surface area contributed by atoms with Crippen molar-refractivity contribution in [3.05, 3.63) is 71.8 Å². The van der Waals surface area contributed by atoms with Gasteiger partial charge in [0.2, 0.25) is 0 Å². The summed E-state index contributed by atoms with van der Waals surface area (Å²) in [4.78, 5) is 56.9. The number of hydrogen-bond donors (Lipinski definition) is 3. The maximum atomic E-state index is 13.6. The van der Waals surface area contributed by atoms with Crippen molar-refractivity contribution in [2.24, 2.45) is 5.92 Å². The predicted molar refractivity (Wildman–Crippen MR) is 173 cm³/mol. The van der Waals surface area contributed by atoms with Crippen LogP contribution in [0.1, 0.15) is 71.9 Å². The van der Waals surface area contributed by atoms with Crippen molar-refractivity contribution < 1.29 is 48.4 Å². The summed E-state index contributed by atoms with van der Waals surface area (Å²) in [7, 11) is 0. The Morgan fingerprint density at radius 2 is 1.47 bits per heavy atom. The Labute approximate surface area is 277 Å². The molecule has 3 amide bonds. The molecule has 2 aromatic rings. The molecule has 0 heterocycles. The third kappa shape index (κ3) is 14.3. The molecule has 47 heavy (non-hydrogen) atoms. The second-order valence-electron chi connectivity index (χ2n) is 12.6. The first-order valence-electron chi connectivity index (χ1n) is 15.9. The highest BCUT2D eigenvalue weighted by Gasteiger charge is 2.37. The van der Waals surface area contributed by atoms with Crippen LogP contribution in [0.15, 0.2) is 60.7 Å². The van der Waals surface area contributed by atoms with Crippen molar-refractivity contribution in [3.63, 3.8) is 0 Å². The third-order valence-corrected chi connectivity index (χ3v) is 6.72. The van der Waals surface area contributed by atoms with Gasteiger partial charge in [0.1, 0.15) is 42.7 Å². The minimum absolute atomic E-state index is 0.0119. The molecule has 260 valence electrons. The van der Waals surface area contributed by atoms with E-state index in [-0.39, 0.29) is 32.0 Å². The van der Waals surface area contributed by atoms with Crippen LogP contribution in [0.5, 0.6) is 0 Å². The van der Waals surface area contributed by atoms with Crippen molar-refractivity contribution in [2.45, 2.75) is 110 Å². The first-order valence-corrected chi connectivity index (χ1v) is 15.9. The normalized spacial score (nSPS) is 14.8. The molecule has 0 aliphatic carbocycles. The molecule has 0 saturated heterocycles. The number of benzene rings is 2. The van der Waals surface area contributed by atoms with Gasteiger partial charge in [0, 0.05) is 6.42 Å². The number of alkyl carbamates (subject to hydrolysis) is 1. The molecule has 12 heteroatoms. The molecular formula is C35H50N2O10. The average molecular weight is 659 g/mol. The van der Waals surface area contributed by atoms with Gasteiger partial charge in [0.25, 0.3) is 11.8 Å². The molecule has 2 rings (SSSR count). The molecule has 12 nitrogen and oxygen atoms in total. The molecule has 0 unspecified atom stereocenters. The maximum Gasteiger partial charge on any atom is 0.408 e. The van der Waals surface area contributed by atoms with Crippen LogP contribution >= 0.6 is 0 Å². The molecule has 0 saturated carbocycles. The van der Waals surface area contributed by atoms with Gasteiger partial charge in [-0.2, -0.15) is 5.06 Å². The van der Waals surface area contributed by atoms with Crippen LogP contribution in [-0.4, -0.2) is 82.1 Å². The molecule has 0 aliphatic heterocycles. The van der Waals surface area contributed by atoms with E-state index in [1.165, 1.54) is 0 Å². The lowest BCUT2D eigenvalue weighted by molar-refractivity contribution is -0.214. The average Bonchev–Trinajstić information content (AvgIpc) is 3.01. The topological polar surface area (TPSA) is 161 Å². The Hall–Kier alpha value is -3.68. The fourth-order valence-corrected chi connectivity index (χ4v) is 4.46. The van der Waals surface area contributed by atoms with Crippen molar-refractivity contribution in [1.29, 1.82) is 0 Å². The SMILES string of the molecule is CCCC(=O)N(OC[C@@H](O)[C@@H](O)[C@H](OCc1ccccc1)[C@H](C=O)OCc1ccccc1)C(=O)[C@H](CC(C)C)NC(=O)OC(C)(C)C. The van der Waals surface area contributed by atoms with Crippen molar-refractivity contribution >= 4 is 24.2 Å². The zero-order valence-corrected chi connectivity index (χ0v) is 28.2. The highest BCUT2D eigenvalue weighted by Crippen LogP contribution is 2.18. The number of carbonyl (C=O) groups excluding carboxylic acids is 4. The van der Waals surface area contributed by atoms with Crippen LogP contribution < -0.4 is 5.32 Å². The molecule has 0 bridgehead atoms. The predicted octanol–water partition coefficient (Wildman–Crippen LogP) is 4.10. The Morgan fingerprint density at radius 3 is 1.96 bits per heavy atom. The summed E-state index contributed by atoms with van der Waals surface area (Å²) >= 11 is 0. The molecule has 0 aromatic heterocycles. The molecule has 0 aliphatic rings. The lowest BCUT2D eigenvalue weighted by Crippen LogP contribution is -2.53. The number of hydroxylamine groups is 2. The van der Waals surface area contributed by atoms with E-state index in [2.05, 4.69) is 5.32 Å². The largest absolute Gasteiger partial charge is 0.444 e. The van der Waals surface area contributed by atoms with E-state index in [1.54, 1.807) is 52.0 Å². The molecule has 5 atom stereocenters. The van der Waals surface area contributed by atoms with E-state index in [0.717, 1.165) is 11.1 Å². The first-order chi connectivity index (χ1) is 22.2. The number of aldehydes is 1. The minimum atomic E-state index is -1.74. The number of rotatable bonds is 19. The third-order valence-electron chi connectivity index (χ3n) is 6.72. The lowest BCUT2D eigenvalue weighted by atomic mass is 10.0. The number of hydrogen-bond acceptors (Lipinski definition) is 10. The fraction of sp³-hybridized carbons (Fsp3) is 0.543. The number of carbonyl (C=O) groups is 4. The summed E-state index contributed by atoms with van der Waals surface area (Å²) in [5.74, 6) is -1.63. The summed E-state index contributed by atoms with van der Waals surface area (Å²) in [6.07, 6.45) is -5.99. The van der Waals surface area contributed by atoms with Crippen molar-refractivity contribution in [1.82, 2.24) is 10.4 Å². The quantitative estimate of drug-likeness (QED) is 0.148. The summed E-state index contributed by atoms with van der Waals surface area (Å²) < 4.78 is 17.0. The number of aliphatic hydroxyl groups excluding tert-OH is 2. The van der Waals surface area contributed by atoms with Gasteiger partial charge in [-0.3, -0.25) is 14.4 Å². The van der Waals surface area contributed by atoms with Crippen LogP contribution in [0.3, 0.4) is 0 Å². The van der Waals surface area contributed by atoms with Crippen LogP contribution in [0.4, 0.5) is 4.79 Å². The minimum Gasteiger partial charge on any atom is -0.444 e. The Bertz CT molecular complexity index is 1240. The first kappa shape index (κ1) is 39.5. The Balaban J connectivity index is 2.25. The zero-order chi connectivity index (χ0) is 35.0. The zero-order valence-electron chi connectivity index (χ0n) is 28.2. The second kappa shape index (κ2) is 19.9. The van der Waals surface area contributed by atoms with Crippen LogP contribution in [0, 0.1) is 5.92 Å². The number of aliphatic hydroxyl groups is 2. The highest BCUT2D eigenvalue weighted by molar-refractivity contribution is 5.97. The maximum absolute atomic E-state index is 13.6. The molecule has 0 fully saturated rings. The second-order valence-corrected chi connectivity index (χ2v) is 12.6. The lowest BCUT2D eigenvalue weighted by Gasteiger charge is -2.32. The van der Waals surface area contributed by atoms with Gasteiger partial charge in [0.15, 0.2) is 6.29 Å². The fourth-order valence-electron chi connectivity index (χ4n) is 4.46. The molecule has 0 radical (unpaired) electrons. The van der Waals surface area contributed by atoms with Gasteiger partial charge < -0.3 is 34.5 Å².